The van der Waals surface area contributed by atoms with Crippen molar-refractivity contribution in [3.63, 3.8) is 0 Å². The Morgan fingerprint density at radius 1 is 1.02 bits per heavy atom. The molecule has 1 aromatic rings. The summed E-state index contributed by atoms with van der Waals surface area (Å²) in [6.07, 6.45) is 1.16. The third-order valence-corrected chi connectivity index (χ3v) is 13.5. The van der Waals surface area contributed by atoms with Crippen molar-refractivity contribution in [2.24, 2.45) is 39.4 Å². The summed E-state index contributed by atoms with van der Waals surface area (Å²) in [6, 6.07) is 1.81. The van der Waals surface area contributed by atoms with Crippen LogP contribution in [0.1, 0.15) is 92.7 Å². The maximum Gasteiger partial charge on any atom is 0.339 e. The van der Waals surface area contributed by atoms with Gasteiger partial charge in [-0.15, -0.1) is 0 Å². The standard InChI is InChI=1S/C35H46O11/c1-9-17(2)29(38)45-27-24-25-31(5,16-41-24)22(42-18(3)36)14-23(43-19(4)37)33(25,7)21-10-12-32(6)26(20-11-13-40-15-20)44-30(39)28-35(32,46-28)34(21,27)8/h11,13,15,17,21-28H,9-10,12,14,16H2,1-8H3/t17-,21-,22-,23+,24-,25+,26+,27-,28+,31-,32+,33+,34+,35+/m1/s1. The van der Waals surface area contributed by atoms with Crippen molar-refractivity contribution in [3.8, 4) is 0 Å². The molecule has 6 aliphatic rings. The van der Waals surface area contributed by atoms with E-state index in [9.17, 15) is 19.2 Å². The molecule has 3 saturated heterocycles. The molecule has 1 spiro atoms. The summed E-state index contributed by atoms with van der Waals surface area (Å²) >= 11 is 0. The second-order valence-electron chi connectivity index (χ2n) is 15.6. The van der Waals surface area contributed by atoms with E-state index in [1.54, 1.807) is 12.5 Å². The third-order valence-electron chi connectivity index (χ3n) is 13.5. The van der Waals surface area contributed by atoms with Crippen molar-refractivity contribution in [1.29, 1.82) is 0 Å². The number of ether oxygens (including phenoxy) is 6. The topological polar surface area (TPSA) is 140 Å². The van der Waals surface area contributed by atoms with Crippen LogP contribution in [0, 0.1) is 39.4 Å². The Kier molecular flexibility index (Phi) is 6.92. The lowest BCUT2D eigenvalue weighted by Gasteiger charge is -2.71. The zero-order valence-electron chi connectivity index (χ0n) is 28.0. The van der Waals surface area contributed by atoms with Crippen molar-refractivity contribution in [2.75, 3.05) is 6.61 Å². The van der Waals surface area contributed by atoms with E-state index in [0.29, 0.717) is 25.7 Å². The first-order chi connectivity index (χ1) is 21.6. The molecule has 0 radical (unpaired) electrons. The van der Waals surface area contributed by atoms with Crippen molar-refractivity contribution >= 4 is 23.9 Å². The molecule has 11 heteroatoms. The molecule has 0 aromatic carbocycles. The molecule has 3 saturated carbocycles. The van der Waals surface area contributed by atoms with Crippen LogP contribution >= 0.6 is 0 Å². The zero-order valence-corrected chi connectivity index (χ0v) is 28.0. The van der Waals surface area contributed by atoms with Crippen LogP contribution < -0.4 is 0 Å². The molecular weight excluding hydrogens is 596 g/mol. The predicted octanol–water partition coefficient (Wildman–Crippen LogP) is 4.70. The summed E-state index contributed by atoms with van der Waals surface area (Å²) < 4.78 is 43.8. The smallest absolute Gasteiger partial charge is 0.339 e. The highest BCUT2D eigenvalue weighted by molar-refractivity contribution is 5.82. The average Bonchev–Trinajstić information content (AvgIpc) is 3.36. The first kappa shape index (κ1) is 31.7. The second-order valence-corrected chi connectivity index (χ2v) is 15.6. The summed E-state index contributed by atoms with van der Waals surface area (Å²) in [7, 11) is 0. The van der Waals surface area contributed by atoms with E-state index in [4.69, 9.17) is 32.8 Å². The van der Waals surface area contributed by atoms with Gasteiger partial charge < -0.3 is 32.8 Å². The van der Waals surface area contributed by atoms with E-state index in [2.05, 4.69) is 27.7 Å². The van der Waals surface area contributed by atoms with Gasteiger partial charge in [0, 0.05) is 53.4 Å². The van der Waals surface area contributed by atoms with E-state index in [1.165, 1.54) is 13.8 Å². The molecule has 252 valence electrons. The van der Waals surface area contributed by atoms with E-state index in [-0.39, 0.29) is 30.3 Å². The van der Waals surface area contributed by atoms with Gasteiger partial charge in [-0.05, 0) is 31.2 Å². The summed E-state index contributed by atoms with van der Waals surface area (Å²) in [4.78, 5) is 52.6. The summed E-state index contributed by atoms with van der Waals surface area (Å²) in [5, 5.41) is 0. The largest absolute Gasteiger partial charge is 0.472 e. The molecule has 1 aromatic heterocycles. The lowest BCUT2D eigenvalue weighted by molar-refractivity contribution is -0.306. The van der Waals surface area contributed by atoms with Gasteiger partial charge in [-0.2, -0.15) is 0 Å². The van der Waals surface area contributed by atoms with Gasteiger partial charge in [-0.25, -0.2) is 4.79 Å². The van der Waals surface area contributed by atoms with Crippen LogP contribution in [-0.4, -0.2) is 66.6 Å². The fourth-order valence-corrected chi connectivity index (χ4v) is 11.4. The van der Waals surface area contributed by atoms with Gasteiger partial charge in [-0.1, -0.05) is 41.5 Å². The molecule has 11 nitrogen and oxygen atoms in total. The molecule has 3 aliphatic carbocycles. The highest BCUT2D eigenvalue weighted by Crippen LogP contribution is 2.81. The van der Waals surface area contributed by atoms with E-state index < -0.39 is 81.8 Å². The van der Waals surface area contributed by atoms with Gasteiger partial charge in [0.05, 0.1) is 31.2 Å². The number of epoxide rings is 1. The molecular formula is C35H46O11. The van der Waals surface area contributed by atoms with Crippen LogP contribution in [0.15, 0.2) is 23.0 Å². The summed E-state index contributed by atoms with van der Waals surface area (Å²) in [5.74, 6) is -2.58. The van der Waals surface area contributed by atoms with Crippen LogP contribution in [0.5, 0.6) is 0 Å². The molecule has 0 unspecified atom stereocenters. The van der Waals surface area contributed by atoms with E-state index in [0.717, 1.165) is 5.56 Å². The Bertz CT molecular complexity index is 1460. The number of carbonyl (C=O) groups is 4. The summed E-state index contributed by atoms with van der Waals surface area (Å²) in [5.41, 5.74) is -3.39. The Morgan fingerprint density at radius 3 is 2.35 bits per heavy atom. The van der Waals surface area contributed by atoms with Gasteiger partial charge in [0.1, 0.15) is 30.0 Å². The van der Waals surface area contributed by atoms with Crippen molar-refractivity contribution in [1.82, 2.24) is 0 Å². The van der Waals surface area contributed by atoms with Gasteiger partial charge >= 0.3 is 23.9 Å². The molecule has 7 rings (SSSR count). The maximum atomic E-state index is 13.8. The number of rotatable bonds is 6. The Labute approximate surface area is 269 Å². The van der Waals surface area contributed by atoms with Crippen LogP contribution in [0.4, 0.5) is 0 Å². The Balaban J connectivity index is 1.44. The lowest BCUT2D eigenvalue weighted by Crippen LogP contribution is -2.78. The lowest BCUT2D eigenvalue weighted by atomic mass is 9.34. The van der Waals surface area contributed by atoms with E-state index in [1.807, 2.05) is 19.9 Å². The fraction of sp³-hybridized carbons (Fsp3) is 0.771. The highest BCUT2D eigenvalue weighted by atomic mass is 16.7. The SMILES string of the molecule is CC[C@@H](C)C(=O)O[C@@H]1[C@@H]2OC[C@]3(C)[C@H](OC(C)=O)C[C@H](OC(C)=O)[C@](C)([C@H]4CC[C@@]5(C)[C@H](c6ccoc6)OC(=O)[C@@H]6O[C@@]65[C@]14C)[C@@H]23. The predicted molar refractivity (Wildman–Crippen MR) is 159 cm³/mol. The number of esters is 4. The molecule has 14 atom stereocenters. The quantitative estimate of drug-likeness (QED) is 0.242. The minimum absolute atomic E-state index is 0.242. The van der Waals surface area contributed by atoms with Crippen LogP contribution in [-0.2, 0) is 47.6 Å². The first-order valence-corrected chi connectivity index (χ1v) is 16.7. The Hall–Kier alpha value is -2.92. The normalized spacial score (nSPS) is 48.8. The Morgan fingerprint density at radius 2 is 1.72 bits per heavy atom. The van der Waals surface area contributed by atoms with Crippen molar-refractivity contribution in [3.05, 3.63) is 24.2 Å². The van der Waals surface area contributed by atoms with Crippen LogP contribution in [0.2, 0.25) is 0 Å². The fourth-order valence-electron chi connectivity index (χ4n) is 11.4. The molecule has 0 amide bonds. The highest BCUT2D eigenvalue weighted by Gasteiger charge is 2.91. The third kappa shape index (κ3) is 3.73. The average molecular weight is 643 g/mol. The van der Waals surface area contributed by atoms with Gasteiger partial charge in [0.25, 0.3) is 0 Å². The first-order valence-electron chi connectivity index (χ1n) is 16.7. The molecule has 0 bridgehead atoms. The van der Waals surface area contributed by atoms with E-state index >= 15 is 0 Å². The maximum absolute atomic E-state index is 13.8. The minimum atomic E-state index is -1.08. The minimum Gasteiger partial charge on any atom is -0.472 e. The molecule has 0 N–H and O–H groups in total. The number of cyclic esters (lactones) is 1. The number of fused-ring (bicyclic) bond motifs is 2. The van der Waals surface area contributed by atoms with Crippen molar-refractivity contribution in [2.45, 2.75) is 123 Å². The molecule has 46 heavy (non-hydrogen) atoms. The van der Waals surface area contributed by atoms with Gasteiger partial charge in [-0.3, -0.25) is 14.4 Å². The molecule has 3 aliphatic heterocycles. The number of hydrogen-bond donors (Lipinski definition) is 0. The molecule has 4 heterocycles. The monoisotopic (exact) mass is 642 g/mol. The molecule has 6 fully saturated rings. The van der Waals surface area contributed by atoms with Crippen LogP contribution in [0.3, 0.4) is 0 Å². The zero-order chi connectivity index (χ0) is 33.2. The van der Waals surface area contributed by atoms with Crippen LogP contribution in [0.25, 0.3) is 0 Å². The number of furan rings is 1. The second kappa shape index (κ2) is 10.0. The number of carbonyl (C=O) groups excluding carboxylic acids is 4. The summed E-state index contributed by atoms with van der Waals surface area (Å²) in [6.45, 7) is 15.2. The van der Waals surface area contributed by atoms with Gasteiger partial charge in [0.2, 0.25) is 0 Å². The van der Waals surface area contributed by atoms with Gasteiger partial charge in [0.15, 0.2) is 6.10 Å². The van der Waals surface area contributed by atoms with Crippen molar-refractivity contribution < 1.29 is 52.0 Å². The number of hydrogen-bond acceptors (Lipinski definition) is 11.